The summed E-state index contributed by atoms with van der Waals surface area (Å²) < 4.78 is 25.3. The summed E-state index contributed by atoms with van der Waals surface area (Å²) in [6.45, 7) is 0. The maximum absolute atomic E-state index is 6.89. The number of ether oxygens (including phenoxy) is 1. The van der Waals surface area contributed by atoms with E-state index in [4.69, 9.17) is 9.85 Å². The van der Waals surface area contributed by atoms with Gasteiger partial charge in [0.1, 0.15) is 5.75 Å². The van der Waals surface area contributed by atoms with Gasteiger partial charge in [0, 0.05) is 5.69 Å². The molecular weight excluding hydrogens is 172 g/mol. The number of rotatable bonds is 2. The maximum Gasteiger partial charge on any atom is 0.168 e. The van der Waals surface area contributed by atoms with Gasteiger partial charge in [-0.15, -0.1) is 0 Å². The Bertz CT molecular complexity index is 350. The van der Waals surface area contributed by atoms with E-state index in [-0.39, 0.29) is 10.9 Å². The van der Waals surface area contributed by atoms with Gasteiger partial charge in [0.15, 0.2) is 5.11 Å². The third kappa shape index (κ3) is 2.39. The quantitative estimate of drug-likeness (QED) is 0.683. The van der Waals surface area contributed by atoms with Crippen molar-refractivity contribution in [2.45, 2.75) is 0 Å². The van der Waals surface area contributed by atoms with Crippen LogP contribution >= 0.6 is 12.2 Å². The zero-order chi connectivity index (χ0) is 11.5. The molecule has 1 aromatic rings. The number of methoxy groups -OCH3 is 1. The number of benzene rings is 1. The van der Waals surface area contributed by atoms with E-state index in [1.54, 1.807) is 12.1 Å². The van der Waals surface area contributed by atoms with Gasteiger partial charge in [-0.05, 0) is 36.5 Å². The molecule has 1 aromatic carbocycles. The smallest absolute Gasteiger partial charge is 0.168 e. The SMILES string of the molecule is [2H]C([2H])([2H])Oc1ccc(NC(N)=S)cc1. The molecule has 0 fully saturated rings. The first kappa shape index (κ1) is 5.37. The van der Waals surface area contributed by atoms with Crippen LogP contribution in [0.5, 0.6) is 5.75 Å². The molecule has 0 heterocycles. The molecule has 3 nitrogen and oxygen atoms in total. The molecule has 0 unspecified atom stereocenters. The zero-order valence-corrected chi connectivity index (χ0v) is 7.02. The highest BCUT2D eigenvalue weighted by Crippen LogP contribution is 2.14. The van der Waals surface area contributed by atoms with Gasteiger partial charge in [0.05, 0.1) is 11.2 Å². The molecule has 0 radical (unpaired) electrons. The molecule has 0 aliphatic carbocycles. The molecule has 0 atom stereocenters. The minimum Gasteiger partial charge on any atom is -0.497 e. The molecule has 0 bridgehead atoms. The number of thiocarbonyl (C=S) groups is 1. The molecule has 1 rings (SSSR count). The van der Waals surface area contributed by atoms with Gasteiger partial charge < -0.3 is 15.8 Å². The fraction of sp³-hybridized carbons (Fsp3) is 0.125. The van der Waals surface area contributed by atoms with Crippen molar-refractivity contribution in [2.75, 3.05) is 12.4 Å². The van der Waals surface area contributed by atoms with Gasteiger partial charge in [0.2, 0.25) is 0 Å². The highest BCUT2D eigenvalue weighted by molar-refractivity contribution is 7.80. The molecule has 3 N–H and O–H groups in total. The van der Waals surface area contributed by atoms with Crippen LogP contribution in [0.4, 0.5) is 5.69 Å². The van der Waals surface area contributed by atoms with Gasteiger partial charge in [0.25, 0.3) is 0 Å². The Labute approximate surface area is 80.7 Å². The lowest BCUT2D eigenvalue weighted by Gasteiger charge is -2.04. The Kier molecular flexibility index (Phi) is 1.75. The van der Waals surface area contributed by atoms with E-state index in [2.05, 4.69) is 22.3 Å². The van der Waals surface area contributed by atoms with Crippen LogP contribution in [0.3, 0.4) is 0 Å². The first-order chi connectivity index (χ1) is 6.87. The van der Waals surface area contributed by atoms with E-state index >= 15 is 0 Å². The highest BCUT2D eigenvalue weighted by atomic mass is 32.1. The number of nitrogens with one attached hydrogen (secondary N) is 1. The van der Waals surface area contributed by atoms with Crippen LogP contribution in [0.15, 0.2) is 24.3 Å². The summed E-state index contributed by atoms with van der Waals surface area (Å²) in [4.78, 5) is 0. The normalized spacial score (nSPS) is 13.8. The monoisotopic (exact) mass is 185 g/mol. The second kappa shape index (κ2) is 3.92. The third-order valence-corrected chi connectivity index (χ3v) is 1.34. The number of hydrogen-bond acceptors (Lipinski definition) is 2. The van der Waals surface area contributed by atoms with Crippen LogP contribution in [0, 0.1) is 0 Å². The first-order valence-electron chi connectivity index (χ1n) is 4.72. The maximum atomic E-state index is 6.89. The Hall–Kier alpha value is -1.29. The Morgan fingerprint density at radius 2 is 2.25 bits per heavy atom. The lowest BCUT2D eigenvalue weighted by Crippen LogP contribution is -2.18. The molecule has 0 aliphatic heterocycles. The van der Waals surface area contributed by atoms with E-state index in [1.165, 1.54) is 12.1 Å². The van der Waals surface area contributed by atoms with Crippen molar-refractivity contribution in [3.8, 4) is 5.75 Å². The van der Waals surface area contributed by atoms with Gasteiger partial charge in [-0.25, -0.2) is 0 Å². The number of nitrogens with two attached hydrogens (primary N) is 1. The highest BCUT2D eigenvalue weighted by Gasteiger charge is 1.93. The predicted molar refractivity (Wildman–Crippen MR) is 53.4 cm³/mol. The molecule has 0 spiro atoms. The molecule has 12 heavy (non-hydrogen) atoms. The zero-order valence-electron chi connectivity index (χ0n) is 9.20. The lowest BCUT2D eigenvalue weighted by molar-refractivity contribution is 0.415. The Balaban J connectivity index is 2.68. The third-order valence-electron chi connectivity index (χ3n) is 1.24. The van der Waals surface area contributed by atoms with Gasteiger partial charge in [-0.1, -0.05) is 0 Å². The summed E-state index contributed by atoms with van der Waals surface area (Å²) in [5, 5.41) is 2.86. The predicted octanol–water partition coefficient (Wildman–Crippen LogP) is 1.35. The van der Waals surface area contributed by atoms with Crippen LogP contribution in [-0.4, -0.2) is 12.2 Å². The van der Waals surface area contributed by atoms with E-state index < -0.39 is 7.04 Å². The molecule has 0 saturated carbocycles. The van der Waals surface area contributed by atoms with Crippen molar-refractivity contribution in [1.82, 2.24) is 0 Å². The largest absolute Gasteiger partial charge is 0.497 e. The van der Waals surface area contributed by atoms with Crippen LogP contribution < -0.4 is 15.8 Å². The first-order valence-corrected chi connectivity index (χ1v) is 3.63. The fourth-order valence-electron chi connectivity index (χ4n) is 0.749. The summed E-state index contributed by atoms with van der Waals surface area (Å²) in [5.41, 5.74) is 5.94. The molecule has 0 aliphatic rings. The summed E-state index contributed by atoms with van der Waals surface area (Å²) in [6.07, 6.45) is 0. The minimum absolute atomic E-state index is 0.152. The summed E-state index contributed by atoms with van der Waals surface area (Å²) in [6, 6.07) is 6.29. The van der Waals surface area contributed by atoms with E-state index in [9.17, 15) is 0 Å². The molecule has 0 aromatic heterocycles. The van der Waals surface area contributed by atoms with E-state index in [0.717, 1.165) is 0 Å². The van der Waals surface area contributed by atoms with Crippen LogP contribution in [0.25, 0.3) is 0 Å². The number of anilines is 1. The van der Waals surface area contributed by atoms with Gasteiger partial charge in [-0.2, -0.15) is 0 Å². The summed E-state index contributed by atoms with van der Waals surface area (Å²) in [5.74, 6) is 0.267. The summed E-state index contributed by atoms with van der Waals surface area (Å²) >= 11 is 4.64. The fourth-order valence-corrected chi connectivity index (χ4v) is 0.866. The Morgan fingerprint density at radius 1 is 1.58 bits per heavy atom. The lowest BCUT2D eigenvalue weighted by atomic mass is 10.3. The molecule has 4 heteroatoms. The second-order valence-corrected chi connectivity index (χ2v) is 2.56. The molecule has 0 amide bonds. The molecule has 64 valence electrons. The average molecular weight is 185 g/mol. The minimum atomic E-state index is -2.43. The average Bonchev–Trinajstić information content (AvgIpc) is 2.05. The van der Waals surface area contributed by atoms with Crippen molar-refractivity contribution >= 4 is 23.0 Å². The van der Waals surface area contributed by atoms with Crippen LogP contribution in [0.1, 0.15) is 4.11 Å². The summed E-state index contributed by atoms with van der Waals surface area (Å²) in [7, 11) is -2.43. The van der Waals surface area contributed by atoms with Crippen molar-refractivity contribution in [3.05, 3.63) is 24.3 Å². The van der Waals surface area contributed by atoms with Gasteiger partial charge in [-0.3, -0.25) is 0 Å². The van der Waals surface area contributed by atoms with E-state index in [1.807, 2.05) is 0 Å². The molecule has 0 saturated heterocycles. The standard InChI is InChI=1S/C8H10N2OS/c1-11-7-4-2-6(3-5-7)10-8(9)12/h2-5H,1H3,(H3,9,10,12)/i1D3. The second-order valence-electron chi connectivity index (χ2n) is 2.12. The van der Waals surface area contributed by atoms with Crippen molar-refractivity contribution in [3.63, 3.8) is 0 Å². The van der Waals surface area contributed by atoms with Crippen molar-refractivity contribution < 1.29 is 8.85 Å². The van der Waals surface area contributed by atoms with Crippen LogP contribution in [0.2, 0.25) is 0 Å². The van der Waals surface area contributed by atoms with Crippen LogP contribution in [-0.2, 0) is 0 Å². The number of hydrogen-bond donors (Lipinski definition) is 2. The Morgan fingerprint density at radius 3 is 2.75 bits per heavy atom. The topological polar surface area (TPSA) is 47.3 Å². The van der Waals surface area contributed by atoms with Crippen molar-refractivity contribution in [2.24, 2.45) is 5.73 Å². The van der Waals surface area contributed by atoms with E-state index in [0.29, 0.717) is 5.69 Å². The van der Waals surface area contributed by atoms with Crippen molar-refractivity contribution in [1.29, 1.82) is 0 Å². The van der Waals surface area contributed by atoms with Gasteiger partial charge >= 0.3 is 0 Å². The molecular formula is C8H10N2OS.